The number of hydrogen-bond acceptors (Lipinski definition) is 6. The fourth-order valence-electron chi connectivity index (χ4n) is 3.78. The highest BCUT2D eigenvalue weighted by Crippen LogP contribution is 2.32. The van der Waals surface area contributed by atoms with Gasteiger partial charge in [-0.05, 0) is 31.0 Å². The summed E-state index contributed by atoms with van der Waals surface area (Å²) in [6, 6.07) is 5.09. The lowest BCUT2D eigenvalue weighted by molar-refractivity contribution is 0.262. The Hall–Kier alpha value is -3.99. The smallest absolute Gasteiger partial charge is 0.324 e. The molecular formula is C24H26ClFN8O2. The summed E-state index contributed by atoms with van der Waals surface area (Å²) in [7, 11) is 3.38. The third-order valence-corrected chi connectivity index (χ3v) is 6.01. The summed E-state index contributed by atoms with van der Waals surface area (Å²) in [5.74, 6) is 0.260. The molecule has 36 heavy (non-hydrogen) atoms. The molecule has 1 aromatic carbocycles. The van der Waals surface area contributed by atoms with Crippen molar-refractivity contribution >= 4 is 46.1 Å². The minimum absolute atomic E-state index is 0.0264. The summed E-state index contributed by atoms with van der Waals surface area (Å²) in [5.41, 5.74) is 1.27. The highest BCUT2D eigenvalue weighted by atomic mass is 35.5. The number of nitrogens with one attached hydrogen (secondary N) is 3. The van der Waals surface area contributed by atoms with Gasteiger partial charge in [-0.1, -0.05) is 25.4 Å². The van der Waals surface area contributed by atoms with Crippen molar-refractivity contribution in [3.8, 4) is 11.1 Å². The molecule has 0 aliphatic heterocycles. The van der Waals surface area contributed by atoms with Crippen LogP contribution in [0.4, 0.5) is 26.6 Å². The van der Waals surface area contributed by atoms with Gasteiger partial charge >= 0.3 is 6.03 Å². The first-order valence-corrected chi connectivity index (χ1v) is 11.7. The molecule has 3 heterocycles. The molecule has 12 heteroatoms. The van der Waals surface area contributed by atoms with Crippen molar-refractivity contribution in [1.29, 1.82) is 0 Å². The summed E-state index contributed by atoms with van der Waals surface area (Å²) in [6.07, 6.45) is 1.59. The number of halogens is 2. The van der Waals surface area contributed by atoms with Gasteiger partial charge in [0.2, 0.25) is 5.95 Å². The Morgan fingerprint density at radius 1 is 1.17 bits per heavy atom. The first kappa shape index (κ1) is 25.1. The topological polar surface area (TPSA) is 119 Å². The summed E-state index contributed by atoms with van der Waals surface area (Å²) < 4.78 is 17.8. The van der Waals surface area contributed by atoms with Crippen molar-refractivity contribution in [2.75, 3.05) is 23.0 Å². The standard InChI is InChI=1S/C24H26ClFN8O2/c1-6-34-21-13(11-28-23(27-4)31-21)7-15(22(34)35)14-8-19(17(26)9-16(14)25)29-24(36)30-20-10-18(12(2)3)32-33(20)5/h7-12H,6H2,1-5H3,(H,27,28,31)(H2,29,30,36). The van der Waals surface area contributed by atoms with E-state index in [2.05, 4.69) is 31.0 Å². The third-order valence-electron chi connectivity index (χ3n) is 5.69. The number of hydrogen-bond donors (Lipinski definition) is 3. The predicted octanol–water partition coefficient (Wildman–Crippen LogP) is 4.81. The van der Waals surface area contributed by atoms with Crippen LogP contribution < -0.4 is 21.5 Å². The van der Waals surface area contributed by atoms with E-state index in [9.17, 15) is 14.0 Å². The molecule has 2 amide bonds. The summed E-state index contributed by atoms with van der Waals surface area (Å²) in [5, 5.41) is 13.0. The number of urea groups is 1. The van der Waals surface area contributed by atoms with Crippen LogP contribution in [0, 0.1) is 5.82 Å². The Morgan fingerprint density at radius 2 is 1.92 bits per heavy atom. The SMILES string of the molecule is CCn1c(=O)c(-c2cc(NC(=O)Nc3cc(C(C)C)nn3C)c(F)cc2Cl)cc2cnc(NC)nc21. The van der Waals surface area contributed by atoms with Crippen molar-refractivity contribution in [1.82, 2.24) is 24.3 Å². The van der Waals surface area contributed by atoms with Crippen LogP contribution in [0.15, 0.2) is 35.3 Å². The minimum Gasteiger partial charge on any atom is -0.357 e. The zero-order valence-corrected chi connectivity index (χ0v) is 21.2. The molecule has 3 aromatic heterocycles. The Kier molecular flexibility index (Phi) is 6.93. The Morgan fingerprint density at radius 3 is 2.56 bits per heavy atom. The van der Waals surface area contributed by atoms with Gasteiger partial charge < -0.3 is 10.6 Å². The molecule has 0 aliphatic rings. The summed E-state index contributed by atoms with van der Waals surface area (Å²) in [6.45, 7) is 6.14. The number of benzene rings is 1. The van der Waals surface area contributed by atoms with Gasteiger partial charge in [0.1, 0.15) is 17.3 Å². The van der Waals surface area contributed by atoms with Crippen molar-refractivity contribution in [3.63, 3.8) is 0 Å². The second-order valence-corrected chi connectivity index (χ2v) is 8.86. The van der Waals surface area contributed by atoms with Gasteiger partial charge in [-0.25, -0.2) is 14.2 Å². The normalized spacial score (nSPS) is 11.2. The maximum Gasteiger partial charge on any atom is 0.324 e. The second-order valence-electron chi connectivity index (χ2n) is 8.45. The number of amides is 2. The van der Waals surface area contributed by atoms with Crippen LogP contribution >= 0.6 is 11.6 Å². The van der Waals surface area contributed by atoms with Gasteiger partial charge in [0.25, 0.3) is 5.56 Å². The molecule has 0 spiro atoms. The largest absolute Gasteiger partial charge is 0.357 e. The predicted molar refractivity (Wildman–Crippen MR) is 139 cm³/mol. The fraction of sp³-hybridized carbons (Fsp3) is 0.292. The van der Waals surface area contributed by atoms with E-state index in [1.165, 1.54) is 15.3 Å². The lowest BCUT2D eigenvalue weighted by Crippen LogP contribution is -2.23. The van der Waals surface area contributed by atoms with Crippen molar-refractivity contribution < 1.29 is 9.18 Å². The molecule has 0 unspecified atom stereocenters. The molecule has 0 fully saturated rings. The zero-order valence-electron chi connectivity index (χ0n) is 20.5. The molecule has 10 nitrogen and oxygen atoms in total. The Bertz CT molecular complexity index is 1530. The van der Waals surface area contributed by atoms with E-state index in [0.29, 0.717) is 29.3 Å². The van der Waals surface area contributed by atoms with Crippen LogP contribution in [0.2, 0.25) is 5.02 Å². The van der Waals surface area contributed by atoms with Crippen molar-refractivity contribution in [2.24, 2.45) is 7.05 Å². The van der Waals surface area contributed by atoms with E-state index in [0.717, 1.165) is 11.8 Å². The maximum atomic E-state index is 14.8. The number of carbonyl (C=O) groups excluding carboxylic acids is 1. The average Bonchev–Trinajstić information content (AvgIpc) is 3.20. The lowest BCUT2D eigenvalue weighted by Gasteiger charge is -2.14. The molecule has 0 saturated heterocycles. The van der Waals surface area contributed by atoms with E-state index >= 15 is 0 Å². The molecule has 4 rings (SSSR count). The molecule has 0 aliphatic carbocycles. The van der Waals surface area contributed by atoms with E-state index in [4.69, 9.17) is 11.6 Å². The van der Waals surface area contributed by atoms with Gasteiger partial charge in [0.05, 0.1) is 16.4 Å². The summed E-state index contributed by atoms with van der Waals surface area (Å²) in [4.78, 5) is 34.6. The van der Waals surface area contributed by atoms with E-state index in [-0.39, 0.29) is 33.3 Å². The maximum absolute atomic E-state index is 14.8. The number of aryl methyl sites for hydroxylation is 2. The third kappa shape index (κ3) is 4.74. The summed E-state index contributed by atoms with van der Waals surface area (Å²) >= 11 is 6.35. The van der Waals surface area contributed by atoms with Crippen LogP contribution in [0.25, 0.3) is 22.2 Å². The molecule has 0 atom stereocenters. The number of aromatic nitrogens is 5. The first-order valence-electron chi connectivity index (χ1n) is 11.3. The van der Waals surface area contributed by atoms with Gasteiger partial charge in [-0.3, -0.25) is 19.4 Å². The molecule has 4 aromatic rings. The van der Waals surface area contributed by atoms with E-state index in [1.54, 1.807) is 32.4 Å². The average molecular weight is 513 g/mol. The molecular weight excluding hydrogens is 487 g/mol. The highest BCUT2D eigenvalue weighted by molar-refractivity contribution is 6.33. The quantitative estimate of drug-likeness (QED) is 0.341. The molecule has 0 saturated carbocycles. The monoisotopic (exact) mass is 512 g/mol. The lowest BCUT2D eigenvalue weighted by atomic mass is 10.0. The Labute approximate surface area is 211 Å². The number of pyridine rings is 1. The zero-order chi connectivity index (χ0) is 26.1. The molecule has 188 valence electrons. The second kappa shape index (κ2) is 9.94. The molecule has 3 N–H and O–H groups in total. The number of fused-ring (bicyclic) bond motifs is 1. The van der Waals surface area contributed by atoms with Crippen LogP contribution in [0.3, 0.4) is 0 Å². The number of carbonyl (C=O) groups is 1. The number of rotatable bonds is 6. The van der Waals surface area contributed by atoms with Gasteiger partial charge in [0.15, 0.2) is 0 Å². The van der Waals surface area contributed by atoms with Gasteiger partial charge in [-0.2, -0.15) is 10.1 Å². The van der Waals surface area contributed by atoms with Gasteiger partial charge in [-0.15, -0.1) is 0 Å². The van der Waals surface area contributed by atoms with Crippen molar-refractivity contribution in [3.05, 3.63) is 57.3 Å². The van der Waals surface area contributed by atoms with E-state index in [1.807, 2.05) is 20.8 Å². The molecule has 0 bridgehead atoms. The van der Waals surface area contributed by atoms with Crippen LogP contribution in [0.1, 0.15) is 32.4 Å². The Balaban J connectivity index is 1.72. The van der Waals surface area contributed by atoms with Crippen LogP contribution in [-0.4, -0.2) is 37.4 Å². The first-order chi connectivity index (χ1) is 17.1. The number of anilines is 3. The molecule has 0 radical (unpaired) electrons. The van der Waals surface area contributed by atoms with Crippen LogP contribution in [-0.2, 0) is 13.6 Å². The van der Waals surface area contributed by atoms with E-state index < -0.39 is 11.8 Å². The highest BCUT2D eigenvalue weighted by Gasteiger charge is 2.19. The van der Waals surface area contributed by atoms with Crippen molar-refractivity contribution in [2.45, 2.75) is 33.2 Å². The van der Waals surface area contributed by atoms with Crippen LogP contribution in [0.5, 0.6) is 0 Å². The minimum atomic E-state index is -0.745. The van der Waals surface area contributed by atoms with Gasteiger partial charge in [0, 0.05) is 49.4 Å². The number of nitrogens with zero attached hydrogens (tertiary/aromatic N) is 5. The fourth-order valence-corrected chi connectivity index (χ4v) is 4.03.